The van der Waals surface area contributed by atoms with E-state index in [2.05, 4.69) is 11.9 Å². The number of phenolic OH excluding ortho intramolecular Hbond substituents is 1. The molecule has 0 radical (unpaired) electrons. The van der Waals surface area contributed by atoms with E-state index in [1.165, 1.54) is 31.4 Å². The molecule has 0 unspecified atom stereocenters. The Morgan fingerprint density at radius 2 is 1.87 bits per heavy atom. The number of methoxy groups -OCH3 is 1. The Morgan fingerprint density at radius 1 is 1.22 bits per heavy atom. The Morgan fingerprint density at radius 3 is 2.48 bits per heavy atom. The number of ether oxygens (including phenoxy) is 1. The van der Waals surface area contributed by atoms with Crippen molar-refractivity contribution in [3.63, 3.8) is 0 Å². The average molecular weight is 319 g/mol. The molecule has 0 saturated heterocycles. The van der Waals surface area contributed by atoms with Gasteiger partial charge in [-0.05, 0) is 43.5 Å². The maximum atomic E-state index is 12.1. The first-order chi connectivity index (χ1) is 11.1. The third-order valence-corrected chi connectivity index (χ3v) is 3.57. The number of benzene rings is 1. The lowest BCUT2D eigenvalue weighted by atomic mass is 10.1. The summed E-state index contributed by atoms with van der Waals surface area (Å²) in [5, 5.41) is 11.9. The molecule has 0 fully saturated rings. The lowest BCUT2D eigenvalue weighted by Gasteiger charge is -2.16. The fourth-order valence-electron chi connectivity index (χ4n) is 2.24. The Kier molecular flexibility index (Phi) is 8.50. The van der Waals surface area contributed by atoms with Gasteiger partial charge < -0.3 is 15.2 Å². The van der Waals surface area contributed by atoms with Gasteiger partial charge in [0.25, 0.3) is 5.91 Å². The Hall–Kier alpha value is -2.30. The number of hydrogen-bond donors (Lipinski definition) is 2. The molecule has 0 aliphatic heterocycles. The van der Waals surface area contributed by atoms with E-state index in [4.69, 9.17) is 4.74 Å². The second-order valence-electron chi connectivity index (χ2n) is 5.38. The molecule has 5 nitrogen and oxygen atoms in total. The van der Waals surface area contributed by atoms with Crippen molar-refractivity contribution in [3.05, 3.63) is 42.5 Å². The van der Waals surface area contributed by atoms with Crippen LogP contribution in [0.2, 0.25) is 0 Å². The van der Waals surface area contributed by atoms with Crippen LogP contribution in [0.5, 0.6) is 5.75 Å². The van der Waals surface area contributed by atoms with Crippen molar-refractivity contribution in [2.45, 2.75) is 44.6 Å². The number of carbonyl (C=O) groups excluding carboxylic acids is 2. The van der Waals surface area contributed by atoms with Gasteiger partial charge >= 0.3 is 5.97 Å². The highest BCUT2D eigenvalue weighted by Gasteiger charge is 2.21. The van der Waals surface area contributed by atoms with Gasteiger partial charge in [0.1, 0.15) is 11.8 Å². The average Bonchev–Trinajstić information content (AvgIpc) is 2.56. The van der Waals surface area contributed by atoms with E-state index in [0.717, 1.165) is 32.1 Å². The number of carbonyl (C=O) groups is 2. The molecule has 0 saturated carbocycles. The highest BCUT2D eigenvalue weighted by molar-refractivity contribution is 5.96. The van der Waals surface area contributed by atoms with Crippen LogP contribution in [0, 0.1) is 0 Å². The van der Waals surface area contributed by atoms with Crippen molar-refractivity contribution in [1.29, 1.82) is 0 Å². The second-order valence-corrected chi connectivity index (χ2v) is 5.38. The lowest BCUT2D eigenvalue weighted by Crippen LogP contribution is -2.41. The third-order valence-electron chi connectivity index (χ3n) is 3.57. The molecule has 0 bridgehead atoms. The fourth-order valence-corrected chi connectivity index (χ4v) is 2.24. The van der Waals surface area contributed by atoms with Crippen molar-refractivity contribution < 1.29 is 19.4 Å². The summed E-state index contributed by atoms with van der Waals surface area (Å²) in [4.78, 5) is 24.0. The number of phenols is 1. The molecule has 2 N–H and O–H groups in total. The predicted octanol–water partition coefficient (Wildman–Crippen LogP) is 3.19. The minimum atomic E-state index is -0.652. The van der Waals surface area contributed by atoms with Crippen LogP contribution in [-0.2, 0) is 9.53 Å². The number of nitrogens with one attached hydrogen (secondary N) is 1. The Balaban J connectivity index is 2.50. The van der Waals surface area contributed by atoms with Gasteiger partial charge in [-0.25, -0.2) is 4.79 Å². The molecule has 0 spiro atoms. The standard InChI is InChI=1S/C18H25NO4/c1-3-4-5-6-7-8-9-16(18(22)23-2)19-17(21)14-10-12-15(20)13-11-14/h3,10-13,16,20H,1,4-9H2,2H3,(H,19,21)/t16-/m1/s1. The minimum absolute atomic E-state index is 0.0885. The summed E-state index contributed by atoms with van der Waals surface area (Å²) in [5.74, 6) is -0.708. The van der Waals surface area contributed by atoms with Crippen LogP contribution in [-0.4, -0.2) is 30.1 Å². The number of allylic oxidation sites excluding steroid dienone is 1. The zero-order valence-corrected chi connectivity index (χ0v) is 13.6. The smallest absolute Gasteiger partial charge is 0.328 e. The topological polar surface area (TPSA) is 75.6 Å². The molecular weight excluding hydrogens is 294 g/mol. The molecule has 1 rings (SSSR count). The van der Waals surface area contributed by atoms with E-state index in [1.807, 2.05) is 6.08 Å². The van der Waals surface area contributed by atoms with Gasteiger partial charge in [-0.2, -0.15) is 0 Å². The van der Waals surface area contributed by atoms with E-state index in [0.29, 0.717) is 12.0 Å². The molecule has 1 aromatic carbocycles. The van der Waals surface area contributed by atoms with Gasteiger partial charge in [0.15, 0.2) is 0 Å². The van der Waals surface area contributed by atoms with E-state index >= 15 is 0 Å². The van der Waals surface area contributed by atoms with Crippen LogP contribution >= 0.6 is 0 Å². The SMILES string of the molecule is C=CCCCCCC[C@@H](NC(=O)c1ccc(O)cc1)C(=O)OC. The summed E-state index contributed by atoms with van der Waals surface area (Å²) < 4.78 is 4.76. The first kappa shape index (κ1) is 18.7. The van der Waals surface area contributed by atoms with Crippen molar-refractivity contribution in [2.24, 2.45) is 0 Å². The molecule has 126 valence electrons. The first-order valence-corrected chi connectivity index (χ1v) is 7.87. The maximum Gasteiger partial charge on any atom is 0.328 e. The summed E-state index contributed by atoms with van der Waals surface area (Å²) in [6.45, 7) is 3.68. The zero-order valence-electron chi connectivity index (χ0n) is 13.6. The van der Waals surface area contributed by atoms with Crippen molar-refractivity contribution >= 4 is 11.9 Å². The molecule has 0 aromatic heterocycles. The van der Waals surface area contributed by atoms with Crippen LogP contribution in [0.1, 0.15) is 48.9 Å². The number of aromatic hydroxyl groups is 1. The fraction of sp³-hybridized carbons (Fsp3) is 0.444. The molecule has 1 amide bonds. The summed E-state index contributed by atoms with van der Waals surface area (Å²) >= 11 is 0. The molecule has 0 aliphatic rings. The number of unbranched alkanes of at least 4 members (excludes halogenated alkanes) is 4. The van der Waals surface area contributed by atoms with Crippen LogP contribution in [0.3, 0.4) is 0 Å². The number of hydrogen-bond acceptors (Lipinski definition) is 4. The van der Waals surface area contributed by atoms with Gasteiger partial charge in [0.05, 0.1) is 7.11 Å². The quantitative estimate of drug-likeness (QED) is 0.394. The second kappa shape index (κ2) is 10.4. The van der Waals surface area contributed by atoms with Crippen LogP contribution in [0.4, 0.5) is 0 Å². The maximum absolute atomic E-state index is 12.1. The number of amides is 1. The van der Waals surface area contributed by atoms with E-state index in [1.54, 1.807) is 0 Å². The normalized spacial score (nSPS) is 11.5. The predicted molar refractivity (Wildman–Crippen MR) is 89.3 cm³/mol. The van der Waals surface area contributed by atoms with Crippen molar-refractivity contribution in [2.75, 3.05) is 7.11 Å². The Labute approximate surface area is 137 Å². The first-order valence-electron chi connectivity index (χ1n) is 7.87. The highest BCUT2D eigenvalue weighted by atomic mass is 16.5. The van der Waals surface area contributed by atoms with Crippen molar-refractivity contribution in [1.82, 2.24) is 5.32 Å². The lowest BCUT2D eigenvalue weighted by molar-refractivity contribution is -0.143. The van der Waals surface area contributed by atoms with Gasteiger partial charge in [0, 0.05) is 5.56 Å². The molecular formula is C18H25NO4. The van der Waals surface area contributed by atoms with Crippen molar-refractivity contribution in [3.8, 4) is 5.75 Å². The Bertz CT molecular complexity index is 510. The number of rotatable bonds is 10. The monoisotopic (exact) mass is 319 g/mol. The van der Waals surface area contributed by atoms with Crippen LogP contribution in [0.15, 0.2) is 36.9 Å². The third kappa shape index (κ3) is 7.00. The molecule has 0 aliphatic carbocycles. The zero-order chi connectivity index (χ0) is 17.1. The highest BCUT2D eigenvalue weighted by Crippen LogP contribution is 2.12. The summed E-state index contributed by atoms with van der Waals surface area (Å²) in [6, 6.07) is 5.23. The van der Waals surface area contributed by atoms with Gasteiger partial charge in [-0.1, -0.05) is 25.3 Å². The minimum Gasteiger partial charge on any atom is -0.508 e. The van der Waals surface area contributed by atoms with E-state index < -0.39 is 12.0 Å². The van der Waals surface area contributed by atoms with Gasteiger partial charge in [0.2, 0.25) is 0 Å². The largest absolute Gasteiger partial charge is 0.508 e. The summed E-state index contributed by atoms with van der Waals surface area (Å²) in [7, 11) is 1.31. The van der Waals surface area contributed by atoms with E-state index in [-0.39, 0.29) is 11.7 Å². The van der Waals surface area contributed by atoms with Gasteiger partial charge in [-0.3, -0.25) is 4.79 Å². The summed E-state index contributed by atoms with van der Waals surface area (Å²) in [5.41, 5.74) is 0.391. The molecule has 0 heterocycles. The van der Waals surface area contributed by atoms with Crippen LogP contribution in [0.25, 0.3) is 0 Å². The number of esters is 1. The molecule has 5 heteroatoms. The summed E-state index contributed by atoms with van der Waals surface area (Å²) in [6.07, 6.45) is 7.44. The molecule has 23 heavy (non-hydrogen) atoms. The van der Waals surface area contributed by atoms with Crippen LogP contribution < -0.4 is 5.32 Å². The van der Waals surface area contributed by atoms with Gasteiger partial charge in [-0.15, -0.1) is 6.58 Å². The molecule has 1 atom stereocenters. The molecule has 1 aromatic rings. The van der Waals surface area contributed by atoms with E-state index in [9.17, 15) is 14.7 Å².